The molecule has 0 saturated carbocycles. The van der Waals surface area contributed by atoms with Crippen LogP contribution in [-0.4, -0.2) is 25.8 Å². The van der Waals surface area contributed by atoms with Gasteiger partial charge in [0.1, 0.15) is 11.3 Å². The Kier molecular flexibility index (Phi) is 7.36. The van der Waals surface area contributed by atoms with Crippen molar-refractivity contribution in [2.24, 2.45) is 0 Å². The fourth-order valence-corrected chi connectivity index (χ4v) is 6.10. The molecule has 0 unspecified atom stereocenters. The predicted molar refractivity (Wildman–Crippen MR) is 152 cm³/mol. The maximum Gasteiger partial charge on any atom is 0.316 e. The molecule has 0 amide bonds. The standard InChI is InChI=1S/C28H23N3O3S3/c1-18-13-14-22(19(2)15-18)31-25-24(37-28(31)35)26(33)30(21-11-7-4-8-12-21)27(29-25)36-17-23(32)34-16-20-9-5-3-6-10-20/h3-15H,16-17H2,1-2H3. The van der Waals surface area contributed by atoms with Crippen LogP contribution in [0.15, 0.2) is 88.8 Å². The van der Waals surface area contributed by atoms with E-state index in [0.717, 1.165) is 22.4 Å². The number of ether oxygens (including phenoxy) is 1. The van der Waals surface area contributed by atoms with Crippen LogP contribution in [-0.2, 0) is 16.1 Å². The van der Waals surface area contributed by atoms with Crippen molar-refractivity contribution in [2.45, 2.75) is 25.6 Å². The number of hydrogen-bond acceptors (Lipinski definition) is 7. The van der Waals surface area contributed by atoms with Crippen molar-refractivity contribution in [2.75, 3.05) is 5.75 Å². The number of rotatable bonds is 7. The minimum atomic E-state index is -0.389. The Morgan fingerprint density at radius 1 is 1.00 bits per heavy atom. The summed E-state index contributed by atoms with van der Waals surface area (Å²) in [6.45, 7) is 4.23. The highest BCUT2D eigenvalue weighted by molar-refractivity contribution is 7.99. The number of esters is 1. The van der Waals surface area contributed by atoms with E-state index >= 15 is 0 Å². The third-order valence-electron chi connectivity index (χ3n) is 5.75. The van der Waals surface area contributed by atoms with Gasteiger partial charge in [-0.3, -0.25) is 18.7 Å². The van der Waals surface area contributed by atoms with Gasteiger partial charge in [0.25, 0.3) is 5.56 Å². The molecule has 0 N–H and O–H groups in total. The number of nitrogens with zero attached hydrogens (tertiary/aromatic N) is 3. The zero-order valence-corrected chi connectivity index (χ0v) is 22.7. The van der Waals surface area contributed by atoms with Crippen molar-refractivity contribution in [3.05, 3.63) is 110 Å². The molecule has 0 aliphatic rings. The van der Waals surface area contributed by atoms with E-state index < -0.39 is 0 Å². The second kappa shape index (κ2) is 10.8. The predicted octanol–water partition coefficient (Wildman–Crippen LogP) is 6.42. The molecule has 0 spiro atoms. The third kappa shape index (κ3) is 5.29. The molecule has 0 aliphatic heterocycles. The Labute approximate surface area is 227 Å². The van der Waals surface area contributed by atoms with Crippen LogP contribution in [0.25, 0.3) is 21.7 Å². The van der Waals surface area contributed by atoms with Crippen LogP contribution in [0.3, 0.4) is 0 Å². The zero-order chi connectivity index (χ0) is 25.9. The van der Waals surface area contributed by atoms with Crippen LogP contribution < -0.4 is 5.56 Å². The van der Waals surface area contributed by atoms with Gasteiger partial charge in [-0.1, -0.05) is 89.3 Å². The fraction of sp³-hybridized carbons (Fsp3) is 0.143. The maximum absolute atomic E-state index is 13.8. The van der Waals surface area contributed by atoms with E-state index in [-0.39, 0.29) is 23.9 Å². The molecular formula is C28H23N3O3S3. The summed E-state index contributed by atoms with van der Waals surface area (Å²) < 4.78 is 9.83. The van der Waals surface area contributed by atoms with Gasteiger partial charge in [-0.2, -0.15) is 0 Å². The Hall–Kier alpha value is -3.53. The molecule has 2 heterocycles. The molecule has 0 saturated heterocycles. The van der Waals surface area contributed by atoms with Gasteiger partial charge in [-0.05, 0) is 55.4 Å². The molecule has 0 bridgehead atoms. The van der Waals surface area contributed by atoms with Crippen molar-refractivity contribution < 1.29 is 9.53 Å². The van der Waals surface area contributed by atoms with E-state index in [1.54, 1.807) is 0 Å². The van der Waals surface area contributed by atoms with Gasteiger partial charge < -0.3 is 4.74 Å². The molecule has 0 fully saturated rings. The fourth-order valence-electron chi connectivity index (χ4n) is 4.01. The largest absolute Gasteiger partial charge is 0.460 e. The van der Waals surface area contributed by atoms with Crippen molar-refractivity contribution in [3.63, 3.8) is 0 Å². The van der Waals surface area contributed by atoms with E-state index in [2.05, 4.69) is 6.07 Å². The Bertz CT molecular complexity index is 1710. The molecule has 5 aromatic rings. The van der Waals surface area contributed by atoms with Crippen LogP contribution in [0.4, 0.5) is 0 Å². The first-order chi connectivity index (χ1) is 17.9. The van der Waals surface area contributed by atoms with Gasteiger partial charge in [0.15, 0.2) is 14.8 Å². The lowest BCUT2D eigenvalue weighted by molar-refractivity contribution is -0.141. The molecule has 0 atom stereocenters. The van der Waals surface area contributed by atoms with Crippen molar-refractivity contribution in [1.29, 1.82) is 0 Å². The molecule has 3 aromatic carbocycles. The Balaban J connectivity index is 1.56. The van der Waals surface area contributed by atoms with Crippen LogP contribution >= 0.6 is 35.3 Å². The summed E-state index contributed by atoms with van der Waals surface area (Å²) in [5, 5.41) is 0.395. The number of fused-ring (bicyclic) bond motifs is 1. The minimum absolute atomic E-state index is 0.00599. The molecular weight excluding hydrogens is 523 g/mol. The number of thiazole rings is 1. The summed E-state index contributed by atoms with van der Waals surface area (Å²) in [5.41, 5.74) is 4.88. The highest BCUT2D eigenvalue weighted by Crippen LogP contribution is 2.29. The molecule has 6 nitrogen and oxygen atoms in total. The average Bonchev–Trinajstić information content (AvgIpc) is 3.23. The lowest BCUT2D eigenvalue weighted by Gasteiger charge is -2.13. The summed E-state index contributed by atoms with van der Waals surface area (Å²) in [6.07, 6.45) is 0. The van der Waals surface area contributed by atoms with E-state index in [1.165, 1.54) is 27.7 Å². The quantitative estimate of drug-likeness (QED) is 0.102. The molecule has 0 radical (unpaired) electrons. The third-order valence-corrected chi connectivity index (χ3v) is 8.01. The monoisotopic (exact) mass is 545 g/mol. The molecule has 5 rings (SSSR count). The maximum atomic E-state index is 13.8. The number of aromatic nitrogens is 3. The lowest BCUT2D eigenvalue weighted by atomic mass is 10.1. The first-order valence-electron chi connectivity index (χ1n) is 11.6. The van der Waals surface area contributed by atoms with Gasteiger partial charge in [-0.25, -0.2) is 4.98 Å². The van der Waals surface area contributed by atoms with E-state index in [9.17, 15) is 9.59 Å². The second-order valence-electron chi connectivity index (χ2n) is 8.45. The first-order valence-corrected chi connectivity index (χ1v) is 13.8. The van der Waals surface area contributed by atoms with Crippen LogP contribution in [0.1, 0.15) is 16.7 Å². The van der Waals surface area contributed by atoms with E-state index in [1.807, 2.05) is 91.2 Å². The number of para-hydroxylation sites is 1. The summed E-state index contributed by atoms with van der Waals surface area (Å²) in [6, 6.07) is 24.9. The smallest absolute Gasteiger partial charge is 0.316 e. The minimum Gasteiger partial charge on any atom is -0.460 e. The highest BCUT2D eigenvalue weighted by atomic mass is 32.2. The molecule has 9 heteroatoms. The van der Waals surface area contributed by atoms with E-state index in [4.69, 9.17) is 21.9 Å². The molecule has 2 aromatic heterocycles. The molecule has 37 heavy (non-hydrogen) atoms. The van der Waals surface area contributed by atoms with Crippen LogP contribution in [0.2, 0.25) is 0 Å². The molecule has 186 valence electrons. The second-order valence-corrected chi connectivity index (χ2v) is 11.0. The highest BCUT2D eigenvalue weighted by Gasteiger charge is 2.20. The van der Waals surface area contributed by atoms with Gasteiger partial charge in [-0.15, -0.1) is 0 Å². The Morgan fingerprint density at radius 3 is 2.41 bits per heavy atom. The average molecular weight is 546 g/mol. The van der Waals surface area contributed by atoms with Crippen LogP contribution in [0.5, 0.6) is 0 Å². The van der Waals surface area contributed by atoms with Gasteiger partial charge >= 0.3 is 5.97 Å². The van der Waals surface area contributed by atoms with Crippen LogP contribution in [0, 0.1) is 17.8 Å². The summed E-state index contributed by atoms with van der Waals surface area (Å²) in [7, 11) is 0. The number of hydrogen-bond donors (Lipinski definition) is 0. The van der Waals surface area contributed by atoms with Gasteiger partial charge in [0.05, 0.1) is 17.1 Å². The van der Waals surface area contributed by atoms with E-state index in [0.29, 0.717) is 25.1 Å². The van der Waals surface area contributed by atoms with Gasteiger partial charge in [0, 0.05) is 0 Å². The first kappa shape index (κ1) is 25.1. The molecule has 0 aliphatic carbocycles. The normalized spacial score (nSPS) is 11.1. The topological polar surface area (TPSA) is 66.1 Å². The van der Waals surface area contributed by atoms with Crippen molar-refractivity contribution in [1.82, 2.24) is 14.1 Å². The number of carbonyl (C=O) groups is 1. The zero-order valence-electron chi connectivity index (χ0n) is 20.2. The number of aryl methyl sites for hydroxylation is 2. The van der Waals surface area contributed by atoms with Crippen molar-refractivity contribution in [3.8, 4) is 11.4 Å². The summed E-state index contributed by atoms with van der Waals surface area (Å²) >= 11 is 8.10. The van der Waals surface area contributed by atoms with Gasteiger partial charge in [0.2, 0.25) is 0 Å². The SMILES string of the molecule is Cc1ccc(-n2c(=S)sc3c(=O)n(-c4ccccc4)c(SCC(=O)OCc4ccccc4)nc32)c(C)c1. The number of carbonyl (C=O) groups excluding carboxylic acids is 1. The lowest BCUT2D eigenvalue weighted by Crippen LogP contribution is -2.22. The number of thioether (sulfide) groups is 1. The number of benzene rings is 3. The summed E-state index contributed by atoms with van der Waals surface area (Å²) in [5.74, 6) is -0.384. The van der Waals surface area contributed by atoms with Crippen molar-refractivity contribution >= 4 is 51.6 Å². The Morgan fingerprint density at radius 2 is 1.70 bits per heavy atom. The summed E-state index contributed by atoms with van der Waals surface area (Å²) in [4.78, 5) is 31.3.